The molecule has 1 heteroatoms. The third-order valence-electron chi connectivity index (χ3n) is 2.69. The van der Waals surface area contributed by atoms with Gasteiger partial charge in [-0.15, -0.1) is 0 Å². The van der Waals surface area contributed by atoms with Gasteiger partial charge in [0.05, 0.1) is 0 Å². The summed E-state index contributed by atoms with van der Waals surface area (Å²) in [6, 6.07) is 0.389. The Kier molecular flexibility index (Phi) is 4.84. The SMILES string of the molecule is CCCC(N)C(CC)C(C)(C)C. The van der Waals surface area contributed by atoms with Crippen molar-refractivity contribution < 1.29 is 0 Å². The van der Waals surface area contributed by atoms with Gasteiger partial charge in [-0.3, -0.25) is 0 Å². The summed E-state index contributed by atoms with van der Waals surface area (Å²) in [5.74, 6) is 0.664. The summed E-state index contributed by atoms with van der Waals surface area (Å²) in [5.41, 5.74) is 6.49. The van der Waals surface area contributed by atoms with Gasteiger partial charge < -0.3 is 5.73 Å². The van der Waals surface area contributed by atoms with Crippen LogP contribution in [0.4, 0.5) is 0 Å². The first kappa shape index (κ1) is 12.0. The van der Waals surface area contributed by atoms with E-state index in [0.717, 1.165) is 6.42 Å². The van der Waals surface area contributed by atoms with Gasteiger partial charge in [0.1, 0.15) is 0 Å². The van der Waals surface area contributed by atoms with E-state index in [2.05, 4.69) is 34.6 Å². The first-order chi connectivity index (χ1) is 5.43. The van der Waals surface area contributed by atoms with E-state index in [1.807, 2.05) is 0 Å². The van der Waals surface area contributed by atoms with Crippen LogP contribution in [0.3, 0.4) is 0 Å². The summed E-state index contributed by atoms with van der Waals surface area (Å²) in [7, 11) is 0. The minimum absolute atomic E-state index is 0.364. The lowest BCUT2D eigenvalue weighted by atomic mass is 9.74. The van der Waals surface area contributed by atoms with Crippen molar-refractivity contribution in [2.24, 2.45) is 17.1 Å². The van der Waals surface area contributed by atoms with Crippen LogP contribution in [0.15, 0.2) is 0 Å². The molecule has 2 atom stereocenters. The molecule has 0 aliphatic heterocycles. The highest BCUT2D eigenvalue weighted by Gasteiger charge is 2.27. The quantitative estimate of drug-likeness (QED) is 0.690. The molecule has 0 fully saturated rings. The average molecular weight is 171 g/mol. The number of rotatable bonds is 4. The largest absolute Gasteiger partial charge is 0.327 e. The van der Waals surface area contributed by atoms with E-state index in [-0.39, 0.29) is 0 Å². The molecule has 0 aliphatic rings. The van der Waals surface area contributed by atoms with E-state index in [0.29, 0.717) is 17.4 Å². The van der Waals surface area contributed by atoms with Crippen molar-refractivity contribution in [1.29, 1.82) is 0 Å². The fraction of sp³-hybridized carbons (Fsp3) is 1.00. The fourth-order valence-corrected chi connectivity index (χ4v) is 2.09. The lowest BCUT2D eigenvalue weighted by Crippen LogP contribution is -2.37. The van der Waals surface area contributed by atoms with Gasteiger partial charge in [-0.1, -0.05) is 47.5 Å². The first-order valence-electron chi connectivity index (χ1n) is 5.19. The molecule has 0 saturated heterocycles. The Hall–Kier alpha value is -0.0400. The fourth-order valence-electron chi connectivity index (χ4n) is 2.09. The summed E-state index contributed by atoms with van der Waals surface area (Å²) in [5, 5.41) is 0. The maximum absolute atomic E-state index is 6.13. The molecule has 12 heavy (non-hydrogen) atoms. The van der Waals surface area contributed by atoms with E-state index in [9.17, 15) is 0 Å². The Morgan fingerprint density at radius 2 is 1.67 bits per heavy atom. The Labute approximate surface area is 77.7 Å². The molecule has 0 aromatic rings. The molecule has 1 nitrogen and oxygen atoms in total. The molecule has 0 aromatic carbocycles. The first-order valence-corrected chi connectivity index (χ1v) is 5.19. The minimum Gasteiger partial charge on any atom is -0.327 e. The van der Waals surface area contributed by atoms with E-state index in [1.165, 1.54) is 12.8 Å². The number of nitrogens with two attached hydrogens (primary N) is 1. The summed E-state index contributed by atoms with van der Waals surface area (Å²) < 4.78 is 0. The van der Waals surface area contributed by atoms with Gasteiger partial charge >= 0.3 is 0 Å². The molecular formula is C11H25N. The van der Waals surface area contributed by atoms with Crippen LogP contribution >= 0.6 is 0 Å². The Morgan fingerprint density at radius 1 is 1.17 bits per heavy atom. The summed E-state index contributed by atoms with van der Waals surface area (Å²) in [4.78, 5) is 0. The maximum Gasteiger partial charge on any atom is 0.00719 e. The second-order valence-electron chi connectivity index (χ2n) is 4.83. The van der Waals surface area contributed by atoms with Gasteiger partial charge in [0, 0.05) is 6.04 Å². The van der Waals surface area contributed by atoms with Crippen LogP contribution in [-0.4, -0.2) is 6.04 Å². The molecule has 2 unspecified atom stereocenters. The van der Waals surface area contributed by atoms with Crippen molar-refractivity contribution in [3.05, 3.63) is 0 Å². The second-order valence-corrected chi connectivity index (χ2v) is 4.83. The molecular weight excluding hydrogens is 146 g/mol. The molecule has 2 N–H and O–H groups in total. The zero-order valence-corrected chi connectivity index (χ0v) is 9.35. The minimum atomic E-state index is 0.364. The summed E-state index contributed by atoms with van der Waals surface area (Å²) in [6.07, 6.45) is 3.56. The van der Waals surface area contributed by atoms with Crippen LogP contribution in [-0.2, 0) is 0 Å². The third kappa shape index (κ3) is 3.57. The predicted molar refractivity (Wildman–Crippen MR) is 56.1 cm³/mol. The van der Waals surface area contributed by atoms with Crippen molar-refractivity contribution >= 4 is 0 Å². The molecule has 0 heterocycles. The van der Waals surface area contributed by atoms with Crippen LogP contribution in [0.5, 0.6) is 0 Å². The Morgan fingerprint density at radius 3 is 1.92 bits per heavy atom. The van der Waals surface area contributed by atoms with Gasteiger partial charge in [-0.25, -0.2) is 0 Å². The highest BCUT2D eigenvalue weighted by Crippen LogP contribution is 2.31. The molecule has 0 rings (SSSR count). The lowest BCUT2D eigenvalue weighted by molar-refractivity contribution is 0.188. The van der Waals surface area contributed by atoms with Crippen molar-refractivity contribution in [2.75, 3.05) is 0 Å². The molecule has 0 aliphatic carbocycles. The number of hydrogen-bond donors (Lipinski definition) is 1. The lowest BCUT2D eigenvalue weighted by Gasteiger charge is -2.34. The summed E-state index contributed by atoms with van der Waals surface area (Å²) in [6.45, 7) is 11.3. The zero-order valence-electron chi connectivity index (χ0n) is 9.35. The normalized spacial score (nSPS) is 17.5. The van der Waals surface area contributed by atoms with Crippen LogP contribution in [0, 0.1) is 11.3 Å². The van der Waals surface area contributed by atoms with Crippen LogP contribution in [0.1, 0.15) is 53.9 Å². The smallest absolute Gasteiger partial charge is 0.00719 e. The topological polar surface area (TPSA) is 26.0 Å². The number of hydrogen-bond acceptors (Lipinski definition) is 1. The van der Waals surface area contributed by atoms with Crippen molar-refractivity contribution in [2.45, 2.75) is 59.9 Å². The van der Waals surface area contributed by atoms with Gasteiger partial charge in [0.15, 0.2) is 0 Å². The monoisotopic (exact) mass is 171 g/mol. The molecule has 0 saturated carbocycles. The van der Waals surface area contributed by atoms with E-state index >= 15 is 0 Å². The van der Waals surface area contributed by atoms with Crippen LogP contribution in [0.2, 0.25) is 0 Å². The maximum atomic E-state index is 6.13. The second kappa shape index (κ2) is 4.86. The molecule has 0 radical (unpaired) electrons. The Balaban J connectivity index is 4.14. The highest BCUT2D eigenvalue weighted by molar-refractivity contribution is 4.81. The zero-order chi connectivity index (χ0) is 9.78. The van der Waals surface area contributed by atoms with Gasteiger partial charge in [0.2, 0.25) is 0 Å². The third-order valence-corrected chi connectivity index (χ3v) is 2.69. The van der Waals surface area contributed by atoms with Crippen LogP contribution < -0.4 is 5.73 Å². The molecule has 74 valence electrons. The molecule has 0 spiro atoms. The molecule has 0 aromatic heterocycles. The van der Waals surface area contributed by atoms with Crippen molar-refractivity contribution in [3.63, 3.8) is 0 Å². The average Bonchev–Trinajstić information content (AvgIpc) is 1.85. The van der Waals surface area contributed by atoms with Gasteiger partial charge in [-0.2, -0.15) is 0 Å². The van der Waals surface area contributed by atoms with Gasteiger partial charge in [0.25, 0.3) is 0 Å². The van der Waals surface area contributed by atoms with Crippen molar-refractivity contribution in [3.8, 4) is 0 Å². The van der Waals surface area contributed by atoms with Crippen LogP contribution in [0.25, 0.3) is 0 Å². The van der Waals surface area contributed by atoms with Gasteiger partial charge in [-0.05, 0) is 17.8 Å². The van der Waals surface area contributed by atoms with E-state index in [4.69, 9.17) is 5.73 Å². The molecule has 0 amide bonds. The van der Waals surface area contributed by atoms with Crippen molar-refractivity contribution in [1.82, 2.24) is 0 Å². The highest BCUT2D eigenvalue weighted by atomic mass is 14.7. The standard InChI is InChI=1S/C11H25N/c1-6-8-10(12)9(7-2)11(3,4)5/h9-10H,6-8,12H2,1-5H3. The Bertz CT molecular complexity index is 113. The van der Waals surface area contributed by atoms with E-state index < -0.39 is 0 Å². The summed E-state index contributed by atoms with van der Waals surface area (Å²) >= 11 is 0. The molecule has 0 bridgehead atoms. The van der Waals surface area contributed by atoms with E-state index in [1.54, 1.807) is 0 Å². The predicted octanol–water partition coefficient (Wildman–Crippen LogP) is 3.19.